The Balaban J connectivity index is 1.80. The highest BCUT2D eigenvalue weighted by molar-refractivity contribution is 5.02. The molecule has 3 aliphatic rings. The van der Waals surface area contributed by atoms with E-state index in [2.05, 4.69) is 0 Å². The van der Waals surface area contributed by atoms with Gasteiger partial charge in [-0.1, -0.05) is 0 Å². The Morgan fingerprint density at radius 1 is 0.794 bits per heavy atom. The number of hydrogen-bond acceptors (Lipinski definition) is 15. The van der Waals surface area contributed by atoms with E-state index >= 15 is 0 Å². The molecule has 3 rings (SSSR count). The lowest BCUT2D eigenvalue weighted by Gasteiger charge is -2.47. The van der Waals surface area contributed by atoms with Crippen LogP contribution in [0.3, 0.4) is 0 Å². The van der Waals surface area contributed by atoms with E-state index in [0.29, 0.717) is 0 Å². The molecule has 0 aromatic carbocycles. The van der Waals surface area contributed by atoms with E-state index in [0.717, 1.165) is 0 Å². The molecule has 0 aromatic heterocycles. The average Bonchev–Trinajstić information content (AvgIpc) is 3.07. The molecule has 15 nitrogen and oxygen atoms in total. The first-order valence-electron chi connectivity index (χ1n) is 11.2. The van der Waals surface area contributed by atoms with Crippen molar-refractivity contribution in [3.8, 4) is 0 Å². The third-order valence-corrected chi connectivity index (χ3v) is 6.68. The molecule has 2 saturated heterocycles. The van der Waals surface area contributed by atoms with Crippen molar-refractivity contribution >= 4 is 0 Å². The van der Waals surface area contributed by atoms with E-state index in [4.69, 9.17) is 41.9 Å². The second-order valence-corrected chi connectivity index (χ2v) is 9.34. The average molecular weight is 499 g/mol. The molecule has 3 fully saturated rings. The van der Waals surface area contributed by atoms with Crippen molar-refractivity contribution in [2.75, 3.05) is 6.61 Å². The number of nitrogens with two attached hydrogens (primary N) is 4. The van der Waals surface area contributed by atoms with Gasteiger partial charge in [0.1, 0.15) is 54.9 Å². The highest BCUT2D eigenvalue weighted by Crippen LogP contribution is 2.32. The van der Waals surface area contributed by atoms with E-state index in [1.807, 2.05) is 0 Å². The minimum Gasteiger partial charge on any atom is -0.394 e. The number of aliphatic hydroxyl groups excluding tert-OH is 7. The van der Waals surface area contributed by atoms with Gasteiger partial charge in [-0.3, -0.25) is 0 Å². The summed E-state index contributed by atoms with van der Waals surface area (Å²) in [4.78, 5) is 0. The van der Waals surface area contributed by atoms with Gasteiger partial charge < -0.3 is 77.6 Å². The molecule has 0 aromatic rings. The summed E-state index contributed by atoms with van der Waals surface area (Å²) in [5, 5.41) is 71.0. The van der Waals surface area contributed by atoms with Gasteiger partial charge in [-0.25, -0.2) is 0 Å². The van der Waals surface area contributed by atoms with Gasteiger partial charge in [0.2, 0.25) is 0 Å². The minimum atomic E-state index is -1.61. The summed E-state index contributed by atoms with van der Waals surface area (Å²) in [6.07, 6.45) is -16.5. The van der Waals surface area contributed by atoms with Crippen LogP contribution in [0.15, 0.2) is 0 Å². The zero-order valence-corrected chi connectivity index (χ0v) is 18.7. The molecule has 1 saturated carbocycles. The van der Waals surface area contributed by atoms with Crippen LogP contribution in [-0.4, -0.2) is 140 Å². The van der Waals surface area contributed by atoms with Crippen LogP contribution in [0.4, 0.5) is 0 Å². The SMILES string of the molecule is C[C@H](N)C1OC(OC2C(OC3OC([C@H](O)CO)C(O)C(O)C3N)C(N)C[C@H](N)C2O)C(O)C1O. The number of aliphatic hydroxyl groups is 7. The second kappa shape index (κ2) is 11.2. The maximum Gasteiger partial charge on any atom is 0.187 e. The van der Waals surface area contributed by atoms with Crippen LogP contribution in [0, 0.1) is 0 Å². The fourth-order valence-corrected chi connectivity index (χ4v) is 4.59. The standard InChI is InChI=1S/C19H38N4O11/c1-4(20)14-12(29)13(30)19(31-14)34-17-9(26)5(21)2-6(22)15(17)32-18-8(23)10(27)11(28)16(33-18)7(25)3-24/h4-19,24-30H,2-3,20-23H2,1H3/t4-,5-,6?,7+,8?,9?,10?,11?,12?,13?,14?,15?,16?,17?,18?,19?/m0/s1. The van der Waals surface area contributed by atoms with Crippen molar-refractivity contribution in [2.24, 2.45) is 22.9 Å². The third kappa shape index (κ3) is 5.39. The van der Waals surface area contributed by atoms with Crippen LogP contribution in [0.2, 0.25) is 0 Å². The summed E-state index contributed by atoms with van der Waals surface area (Å²) in [5.41, 5.74) is 23.9. The van der Waals surface area contributed by atoms with E-state index in [9.17, 15) is 35.7 Å². The zero-order chi connectivity index (χ0) is 25.5. The van der Waals surface area contributed by atoms with Crippen LogP contribution in [0.25, 0.3) is 0 Å². The van der Waals surface area contributed by atoms with Crippen molar-refractivity contribution in [2.45, 2.75) is 111 Å². The number of ether oxygens (including phenoxy) is 4. The van der Waals surface area contributed by atoms with Crippen molar-refractivity contribution in [1.82, 2.24) is 0 Å². The lowest BCUT2D eigenvalue weighted by Crippen LogP contribution is -2.68. The van der Waals surface area contributed by atoms with Gasteiger partial charge in [-0.2, -0.15) is 0 Å². The van der Waals surface area contributed by atoms with Gasteiger partial charge >= 0.3 is 0 Å². The molecule has 2 heterocycles. The molecular formula is C19H38N4O11. The highest BCUT2D eigenvalue weighted by atomic mass is 16.7. The Morgan fingerprint density at radius 3 is 1.91 bits per heavy atom. The normalized spacial score (nSPS) is 51.9. The quantitative estimate of drug-likeness (QED) is 0.155. The Hall–Kier alpha value is -0.600. The van der Waals surface area contributed by atoms with Gasteiger partial charge in [0, 0.05) is 18.1 Å². The predicted octanol–water partition coefficient (Wildman–Crippen LogP) is -6.90. The minimum absolute atomic E-state index is 0.0979. The monoisotopic (exact) mass is 498 g/mol. The zero-order valence-electron chi connectivity index (χ0n) is 18.7. The maximum absolute atomic E-state index is 10.7. The lowest BCUT2D eigenvalue weighted by atomic mass is 9.84. The molecule has 2 aliphatic heterocycles. The predicted molar refractivity (Wildman–Crippen MR) is 112 cm³/mol. The molecule has 13 unspecified atom stereocenters. The molecule has 0 bridgehead atoms. The molecule has 200 valence electrons. The van der Waals surface area contributed by atoms with E-state index < -0.39 is 104 Å². The van der Waals surface area contributed by atoms with E-state index in [-0.39, 0.29) is 6.42 Å². The molecule has 34 heavy (non-hydrogen) atoms. The van der Waals surface area contributed by atoms with E-state index in [1.165, 1.54) is 0 Å². The van der Waals surface area contributed by atoms with Crippen molar-refractivity contribution in [3.05, 3.63) is 0 Å². The van der Waals surface area contributed by atoms with Gasteiger partial charge in [-0.15, -0.1) is 0 Å². The van der Waals surface area contributed by atoms with Crippen LogP contribution < -0.4 is 22.9 Å². The largest absolute Gasteiger partial charge is 0.394 e. The fourth-order valence-electron chi connectivity index (χ4n) is 4.59. The van der Waals surface area contributed by atoms with Gasteiger partial charge in [0.25, 0.3) is 0 Å². The third-order valence-electron chi connectivity index (χ3n) is 6.68. The molecule has 15 N–H and O–H groups in total. The lowest BCUT2D eigenvalue weighted by molar-refractivity contribution is -0.317. The first-order valence-corrected chi connectivity index (χ1v) is 11.2. The Labute approximate surface area is 196 Å². The first-order chi connectivity index (χ1) is 15.9. The molecule has 15 heteroatoms. The maximum atomic E-state index is 10.7. The summed E-state index contributed by atoms with van der Waals surface area (Å²) in [6, 6.07) is -3.60. The molecular weight excluding hydrogens is 460 g/mol. The summed E-state index contributed by atoms with van der Waals surface area (Å²) < 4.78 is 22.7. The Kier molecular flexibility index (Phi) is 9.22. The number of hydrogen-bond donors (Lipinski definition) is 11. The summed E-state index contributed by atoms with van der Waals surface area (Å²) in [7, 11) is 0. The van der Waals surface area contributed by atoms with Crippen LogP contribution >= 0.6 is 0 Å². The molecule has 0 amide bonds. The number of rotatable bonds is 7. The first kappa shape index (κ1) is 28.0. The van der Waals surface area contributed by atoms with Crippen molar-refractivity contribution in [1.29, 1.82) is 0 Å². The van der Waals surface area contributed by atoms with Gasteiger partial charge in [-0.05, 0) is 13.3 Å². The van der Waals surface area contributed by atoms with Crippen LogP contribution in [0.5, 0.6) is 0 Å². The fraction of sp³-hybridized carbons (Fsp3) is 1.00. The highest BCUT2D eigenvalue weighted by Gasteiger charge is 2.53. The van der Waals surface area contributed by atoms with Gasteiger partial charge in [0.05, 0.1) is 18.8 Å². The van der Waals surface area contributed by atoms with Crippen LogP contribution in [0.1, 0.15) is 13.3 Å². The Morgan fingerprint density at radius 2 is 1.35 bits per heavy atom. The molecule has 0 radical (unpaired) electrons. The summed E-state index contributed by atoms with van der Waals surface area (Å²) >= 11 is 0. The van der Waals surface area contributed by atoms with Crippen molar-refractivity contribution < 1.29 is 54.7 Å². The Bertz CT molecular complexity index is 666. The topological polar surface area (TPSA) is 283 Å². The molecule has 1 aliphatic carbocycles. The summed E-state index contributed by atoms with van der Waals surface area (Å²) in [5.74, 6) is 0. The van der Waals surface area contributed by atoms with E-state index in [1.54, 1.807) is 6.92 Å². The van der Waals surface area contributed by atoms with Gasteiger partial charge in [0.15, 0.2) is 12.6 Å². The van der Waals surface area contributed by atoms with Crippen molar-refractivity contribution in [3.63, 3.8) is 0 Å². The molecule has 0 spiro atoms. The van der Waals surface area contributed by atoms with Crippen LogP contribution in [-0.2, 0) is 18.9 Å². The summed E-state index contributed by atoms with van der Waals surface area (Å²) in [6.45, 7) is 0.813. The smallest absolute Gasteiger partial charge is 0.187 e. The molecule has 16 atom stereocenters. The second-order valence-electron chi connectivity index (χ2n) is 9.34.